The molecular formula is C26H29F2N6O4S2+. The quantitative estimate of drug-likeness (QED) is 0.405. The third-order valence-electron chi connectivity index (χ3n) is 9.33. The highest BCUT2D eigenvalue weighted by atomic mass is 32.2. The maximum absolute atomic E-state index is 13.5. The van der Waals surface area contributed by atoms with Crippen molar-refractivity contribution >= 4 is 37.7 Å². The molecule has 0 unspecified atom stereocenters. The highest BCUT2D eigenvalue weighted by Crippen LogP contribution is 2.58. The Morgan fingerprint density at radius 3 is 2.23 bits per heavy atom. The molecular weight excluding hydrogens is 562 g/mol. The van der Waals surface area contributed by atoms with Gasteiger partial charge in [-0.05, 0) is 68.0 Å². The first kappa shape index (κ1) is 26.1. The van der Waals surface area contributed by atoms with Gasteiger partial charge < -0.3 is 0 Å². The zero-order chi connectivity index (χ0) is 28.1. The van der Waals surface area contributed by atoms with Crippen molar-refractivity contribution in [3.8, 4) is 0 Å². The second-order valence-corrected chi connectivity index (χ2v) is 15.7. The second-order valence-electron chi connectivity index (χ2n) is 11.9. The predicted molar refractivity (Wildman–Crippen MR) is 141 cm³/mol. The van der Waals surface area contributed by atoms with Crippen LogP contribution in [0.15, 0.2) is 35.4 Å². The van der Waals surface area contributed by atoms with Crippen molar-refractivity contribution in [1.82, 2.24) is 23.9 Å². The van der Waals surface area contributed by atoms with Gasteiger partial charge >= 0.3 is 15.8 Å². The normalized spacial score (nSPS) is 27.9. The maximum atomic E-state index is 13.5. The summed E-state index contributed by atoms with van der Waals surface area (Å²) in [7, 11) is -7.61. The number of hydrogen-bond acceptors (Lipinski definition) is 7. The number of aromatic nitrogens is 4. The maximum Gasteiger partial charge on any atom is 0.358 e. The largest absolute Gasteiger partial charge is 0.358 e. The van der Waals surface area contributed by atoms with Crippen molar-refractivity contribution in [2.75, 3.05) is 18.8 Å². The fourth-order valence-corrected chi connectivity index (χ4v) is 10.4. The lowest BCUT2D eigenvalue weighted by molar-refractivity contribution is -0.257. The van der Waals surface area contributed by atoms with E-state index in [2.05, 4.69) is 15.2 Å². The van der Waals surface area contributed by atoms with Crippen molar-refractivity contribution < 1.29 is 29.6 Å². The zero-order valence-corrected chi connectivity index (χ0v) is 23.6. The molecule has 0 atom stereocenters. The summed E-state index contributed by atoms with van der Waals surface area (Å²) >= 11 is 0. The summed E-state index contributed by atoms with van der Waals surface area (Å²) in [5.41, 5.74) is 1.44. The summed E-state index contributed by atoms with van der Waals surface area (Å²) in [6, 6.07) is 6.69. The van der Waals surface area contributed by atoms with E-state index in [0.717, 1.165) is 15.7 Å². The van der Waals surface area contributed by atoms with Gasteiger partial charge in [0.05, 0.1) is 31.5 Å². The Hall–Kier alpha value is -2.84. The molecule has 4 fully saturated rings. The number of benzene rings is 1. The average molecular weight is 592 g/mol. The highest BCUT2D eigenvalue weighted by Gasteiger charge is 2.56. The van der Waals surface area contributed by atoms with Gasteiger partial charge in [-0.25, -0.2) is 17.2 Å². The van der Waals surface area contributed by atoms with Crippen LogP contribution in [0, 0.1) is 12.3 Å². The van der Waals surface area contributed by atoms with E-state index >= 15 is 0 Å². The summed E-state index contributed by atoms with van der Waals surface area (Å²) in [6.07, 6.45) is 7.55. The van der Waals surface area contributed by atoms with Gasteiger partial charge in [0.15, 0.2) is 6.20 Å². The molecule has 1 saturated heterocycles. The van der Waals surface area contributed by atoms with Crippen molar-refractivity contribution in [1.29, 1.82) is 0 Å². The van der Waals surface area contributed by atoms with E-state index in [1.54, 1.807) is 30.5 Å². The first-order chi connectivity index (χ1) is 18.8. The third kappa shape index (κ3) is 3.86. The number of hydrogen-bond donors (Lipinski definition) is 0. The Labute approximate surface area is 230 Å². The summed E-state index contributed by atoms with van der Waals surface area (Å²) in [5.74, 6) is -1.96. The molecule has 5 aliphatic rings. The minimum absolute atomic E-state index is 0.104. The molecule has 1 aromatic carbocycles. The third-order valence-corrected chi connectivity index (χ3v) is 13.1. The van der Waals surface area contributed by atoms with Crippen LogP contribution in [0.3, 0.4) is 0 Å². The van der Waals surface area contributed by atoms with Crippen molar-refractivity contribution in [2.45, 2.75) is 68.1 Å². The second kappa shape index (κ2) is 8.35. The standard InChI is InChI=1S/C26H29F2N6O4S2/c1-18-2-4-19(5-3-18)40(37,38)33-13-6-20-22(33)29-14-21-30-31-23(34(20)21)25-10-7-24(8-11-25,9-12-25)17-39(35,36)32-15-26(27,28)16-32/h2-5,13-14H,6-12,15-17H2,1H3/q+1. The van der Waals surface area contributed by atoms with Crippen LogP contribution >= 0.6 is 0 Å². The minimum Gasteiger partial charge on any atom is -0.271 e. The van der Waals surface area contributed by atoms with Gasteiger partial charge in [0.2, 0.25) is 15.7 Å². The van der Waals surface area contributed by atoms with Crippen LogP contribution in [-0.2, 0) is 31.9 Å². The van der Waals surface area contributed by atoms with Crippen LogP contribution in [0.2, 0.25) is 0 Å². The SMILES string of the molecule is Cc1ccc(S(=O)(=O)[N+]2=CCc3c2ncc2nnc(C45CCC(CS(=O)(=O)N6CC(F)(F)C6)(CC4)CC5)n32)cc1. The van der Waals surface area contributed by atoms with Gasteiger partial charge in [-0.15, -0.1) is 14.2 Å². The molecule has 3 aliphatic carbocycles. The van der Waals surface area contributed by atoms with Crippen LogP contribution in [0.1, 0.15) is 55.6 Å². The number of aryl methyl sites for hydroxylation is 1. The molecule has 0 spiro atoms. The first-order valence-corrected chi connectivity index (χ1v) is 16.4. The van der Waals surface area contributed by atoms with Crippen molar-refractivity contribution in [3.05, 3.63) is 47.5 Å². The Morgan fingerprint density at radius 2 is 1.60 bits per heavy atom. The lowest BCUT2D eigenvalue weighted by atomic mass is 9.54. The molecule has 4 heterocycles. The number of sulfonamides is 2. The van der Waals surface area contributed by atoms with Crippen LogP contribution in [0.25, 0.3) is 5.65 Å². The van der Waals surface area contributed by atoms with Gasteiger partial charge in [-0.2, -0.15) is 12.7 Å². The summed E-state index contributed by atoms with van der Waals surface area (Å²) in [6.45, 7) is 0.438. The van der Waals surface area contributed by atoms with Crippen LogP contribution < -0.4 is 0 Å². The Kier molecular flexibility index (Phi) is 5.45. The Balaban J connectivity index is 1.18. The molecule has 0 amide bonds. The monoisotopic (exact) mass is 591 g/mol. The first-order valence-electron chi connectivity index (χ1n) is 13.4. The number of nitrogens with zero attached hydrogens (tertiary/aromatic N) is 6. The number of alkyl halides is 2. The van der Waals surface area contributed by atoms with Gasteiger partial charge in [0.25, 0.3) is 5.92 Å². The van der Waals surface area contributed by atoms with Gasteiger partial charge in [0.1, 0.15) is 16.4 Å². The van der Waals surface area contributed by atoms with Crippen LogP contribution in [0.5, 0.6) is 0 Å². The Morgan fingerprint density at radius 1 is 0.950 bits per heavy atom. The lowest BCUT2D eigenvalue weighted by Crippen LogP contribution is -2.60. The molecule has 212 valence electrons. The zero-order valence-electron chi connectivity index (χ0n) is 21.9. The molecule has 2 aromatic heterocycles. The van der Waals surface area contributed by atoms with Gasteiger partial charge in [0, 0.05) is 5.41 Å². The van der Waals surface area contributed by atoms with E-state index in [0.29, 0.717) is 62.1 Å². The molecule has 10 nitrogen and oxygen atoms in total. The van der Waals surface area contributed by atoms with Gasteiger partial charge in [-0.1, -0.05) is 17.7 Å². The molecule has 3 saturated carbocycles. The van der Waals surface area contributed by atoms with E-state index in [-0.39, 0.29) is 16.1 Å². The number of halogens is 2. The topological polar surface area (TPSA) is 118 Å². The van der Waals surface area contributed by atoms with E-state index in [1.165, 1.54) is 10.2 Å². The minimum atomic E-state index is -3.86. The summed E-state index contributed by atoms with van der Waals surface area (Å²) < 4.78 is 83.5. The molecule has 2 aliphatic heterocycles. The molecule has 0 radical (unpaired) electrons. The lowest BCUT2D eigenvalue weighted by Gasteiger charge is -2.53. The number of rotatable bonds is 6. The highest BCUT2D eigenvalue weighted by molar-refractivity contribution is 7.89. The predicted octanol–water partition coefficient (Wildman–Crippen LogP) is 2.97. The Bertz CT molecular complexity index is 1770. The fourth-order valence-electron chi connectivity index (χ4n) is 6.90. The fraction of sp³-hybridized carbons (Fsp3) is 0.538. The van der Waals surface area contributed by atoms with Crippen molar-refractivity contribution in [3.63, 3.8) is 0 Å². The molecule has 2 bridgehead atoms. The summed E-state index contributed by atoms with van der Waals surface area (Å²) in [5, 5.41) is 8.93. The average Bonchev–Trinajstić information content (AvgIpc) is 3.53. The van der Waals surface area contributed by atoms with Gasteiger partial charge in [-0.3, -0.25) is 4.40 Å². The molecule has 14 heteroatoms. The smallest absolute Gasteiger partial charge is 0.271 e. The molecule has 40 heavy (non-hydrogen) atoms. The van der Waals surface area contributed by atoms with E-state index in [1.807, 2.05) is 11.3 Å². The van der Waals surface area contributed by atoms with Crippen molar-refractivity contribution in [2.24, 2.45) is 5.41 Å². The number of fused-ring (bicyclic) bond motifs is 6. The van der Waals surface area contributed by atoms with Crippen LogP contribution in [-0.4, -0.2) is 75.7 Å². The molecule has 0 N–H and O–H groups in total. The van der Waals surface area contributed by atoms with Crippen LogP contribution in [0.4, 0.5) is 14.6 Å². The summed E-state index contributed by atoms with van der Waals surface area (Å²) in [4.78, 5) is 4.63. The van der Waals surface area contributed by atoms with E-state index in [9.17, 15) is 25.6 Å². The van der Waals surface area contributed by atoms with E-state index in [4.69, 9.17) is 0 Å². The molecule has 8 rings (SSSR count). The van der Waals surface area contributed by atoms with E-state index < -0.39 is 44.5 Å². The molecule has 3 aromatic rings.